The third-order valence-electron chi connectivity index (χ3n) is 3.44. The van der Waals surface area contributed by atoms with Crippen LogP contribution in [0.1, 0.15) is 17.5 Å². The molecule has 3 N–H and O–H groups in total. The second-order valence-corrected chi connectivity index (χ2v) is 5.30. The number of alkyl carbamates (subject to hydrolysis) is 1. The third-order valence-corrected chi connectivity index (χ3v) is 3.44. The van der Waals surface area contributed by atoms with E-state index in [0.29, 0.717) is 24.3 Å². The molecule has 0 saturated heterocycles. The van der Waals surface area contributed by atoms with Crippen molar-refractivity contribution in [1.82, 2.24) is 5.32 Å². The number of carbonyl (C=O) groups is 1. The molecule has 0 spiro atoms. The first-order chi connectivity index (χ1) is 12.1. The summed E-state index contributed by atoms with van der Waals surface area (Å²) in [5.74, 6) is -0.00607. The summed E-state index contributed by atoms with van der Waals surface area (Å²) in [7, 11) is 1.47. The second-order valence-electron chi connectivity index (χ2n) is 5.30. The van der Waals surface area contributed by atoms with E-state index >= 15 is 0 Å². The van der Waals surface area contributed by atoms with Gasteiger partial charge in [0.05, 0.1) is 12.8 Å². The lowest BCUT2D eigenvalue weighted by Crippen LogP contribution is -2.24. The summed E-state index contributed by atoms with van der Waals surface area (Å²) in [6.07, 6.45) is 3.42. The summed E-state index contributed by atoms with van der Waals surface area (Å²) in [6.45, 7) is 0.608. The number of nitrogen functional groups attached to an aromatic ring is 1. The Morgan fingerprint density at radius 3 is 2.76 bits per heavy atom. The molecule has 0 unspecified atom stereocenters. The Kier molecular flexibility index (Phi) is 6.83. The summed E-state index contributed by atoms with van der Waals surface area (Å²) in [5.41, 5.74) is 7.17. The van der Waals surface area contributed by atoms with Gasteiger partial charge in [0, 0.05) is 18.2 Å². The number of ether oxygens (including phenoxy) is 2. The summed E-state index contributed by atoms with van der Waals surface area (Å²) in [5, 5.41) is 2.63. The molecule has 0 radical (unpaired) electrons. The number of carbonyl (C=O) groups excluding carboxylic acids is 1. The van der Waals surface area contributed by atoms with E-state index in [1.807, 2.05) is 30.3 Å². The van der Waals surface area contributed by atoms with Gasteiger partial charge in [-0.25, -0.2) is 9.18 Å². The van der Waals surface area contributed by atoms with Crippen LogP contribution in [0.2, 0.25) is 0 Å². The molecule has 0 saturated carbocycles. The van der Waals surface area contributed by atoms with E-state index in [1.165, 1.54) is 19.2 Å². The summed E-state index contributed by atoms with van der Waals surface area (Å²) in [6, 6.07) is 12.2. The zero-order valence-electron chi connectivity index (χ0n) is 14.0. The monoisotopic (exact) mass is 344 g/mol. The Hall–Kier alpha value is -3.02. The molecule has 0 bridgehead atoms. The molecule has 132 valence electrons. The first-order valence-corrected chi connectivity index (χ1v) is 7.84. The van der Waals surface area contributed by atoms with Crippen LogP contribution < -0.4 is 15.8 Å². The van der Waals surface area contributed by atoms with Gasteiger partial charge in [-0.3, -0.25) is 0 Å². The quantitative estimate of drug-likeness (QED) is 0.593. The number of benzene rings is 2. The maximum atomic E-state index is 13.8. The number of anilines is 1. The molecule has 0 atom stereocenters. The predicted octanol–water partition coefficient (Wildman–Crippen LogP) is 3.75. The first kappa shape index (κ1) is 18.3. The van der Waals surface area contributed by atoms with Gasteiger partial charge < -0.3 is 20.5 Å². The molecule has 5 nitrogen and oxygen atoms in total. The number of rotatable bonds is 7. The van der Waals surface area contributed by atoms with E-state index in [4.69, 9.17) is 15.2 Å². The summed E-state index contributed by atoms with van der Waals surface area (Å²) in [4.78, 5) is 11.6. The zero-order valence-corrected chi connectivity index (χ0v) is 14.0. The second kappa shape index (κ2) is 9.32. The smallest absolute Gasteiger partial charge is 0.407 e. The number of hydrogen-bond donors (Lipinski definition) is 2. The van der Waals surface area contributed by atoms with Gasteiger partial charge >= 0.3 is 6.09 Å². The Labute approximate surface area is 146 Å². The molecule has 1 amide bonds. The summed E-state index contributed by atoms with van der Waals surface area (Å²) >= 11 is 0. The maximum absolute atomic E-state index is 13.8. The Morgan fingerprint density at radius 2 is 2.04 bits per heavy atom. The molecule has 2 aromatic rings. The van der Waals surface area contributed by atoms with Crippen molar-refractivity contribution >= 4 is 17.9 Å². The van der Waals surface area contributed by atoms with Crippen LogP contribution in [0.5, 0.6) is 5.75 Å². The van der Waals surface area contributed by atoms with Gasteiger partial charge in [0.1, 0.15) is 18.2 Å². The minimum absolute atomic E-state index is 0.221. The van der Waals surface area contributed by atoms with E-state index in [1.54, 1.807) is 12.2 Å². The van der Waals surface area contributed by atoms with Gasteiger partial charge in [-0.15, -0.1) is 0 Å². The van der Waals surface area contributed by atoms with E-state index in [0.717, 1.165) is 5.56 Å². The SMILES string of the molecule is COc1cc(C=CCCNC(=O)OCc2ccccc2)c(F)cc1N. The van der Waals surface area contributed by atoms with Crippen LogP contribution in [0.3, 0.4) is 0 Å². The summed E-state index contributed by atoms with van der Waals surface area (Å²) < 4.78 is 23.9. The van der Waals surface area contributed by atoms with Crippen molar-refractivity contribution in [3.05, 3.63) is 65.5 Å². The van der Waals surface area contributed by atoms with Gasteiger partial charge in [-0.2, -0.15) is 0 Å². The van der Waals surface area contributed by atoms with Crippen LogP contribution in [0.25, 0.3) is 6.08 Å². The van der Waals surface area contributed by atoms with Crippen LogP contribution >= 0.6 is 0 Å². The Bertz CT molecular complexity index is 733. The molecule has 0 aromatic heterocycles. The van der Waals surface area contributed by atoms with Crippen molar-refractivity contribution in [2.24, 2.45) is 0 Å². The fraction of sp³-hybridized carbons (Fsp3) is 0.211. The zero-order chi connectivity index (χ0) is 18.1. The molecule has 2 aromatic carbocycles. The van der Waals surface area contributed by atoms with Crippen molar-refractivity contribution in [2.75, 3.05) is 19.4 Å². The highest BCUT2D eigenvalue weighted by Gasteiger charge is 2.06. The van der Waals surface area contributed by atoms with Crippen LogP contribution in [-0.4, -0.2) is 19.7 Å². The highest BCUT2D eigenvalue weighted by atomic mass is 19.1. The number of nitrogens with one attached hydrogen (secondary N) is 1. The average molecular weight is 344 g/mol. The third kappa shape index (κ3) is 5.84. The number of hydrogen-bond acceptors (Lipinski definition) is 4. The van der Waals surface area contributed by atoms with Crippen molar-refractivity contribution in [1.29, 1.82) is 0 Å². The normalized spacial score (nSPS) is 10.6. The van der Waals surface area contributed by atoms with Crippen molar-refractivity contribution < 1.29 is 18.7 Å². The van der Waals surface area contributed by atoms with Crippen LogP contribution in [0.15, 0.2) is 48.5 Å². The minimum atomic E-state index is -0.488. The van der Waals surface area contributed by atoms with Gasteiger partial charge in [-0.05, 0) is 18.1 Å². The molecule has 0 fully saturated rings. The molecule has 0 aliphatic rings. The number of nitrogens with two attached hydrogens (primary N) is 1. The van der Waals surface area contributed by atoms with Crippen molar-refractivity contribution in [3.8, 4) is 5.75 Å². The largest absolute Gasteiger partial charge is 0.495 e. The van der Waals surface area contributed by atoms with E-state index < -0.39 is 11.9 Å². The number of methoxy groups -OCH3 is 1. The van der Waals surface area contributed by atoms with Gasteiger partial charge in [0.25, 0.3) is 0 Å². The standard InChI is InChI=1S/C19H21FN2O3/c1-24-18-11-15(16(20)12-17(18)21)9-5-6-10-22-19(23)25-13-14-7-3-2-4-8-14/h2-5,7-9,11-12H,6,10,13,21H2,1H3,(H,22,23). The topological polar surface area (TPSA) is 73.6 Å². The van der Waals surface area contributed by atoms with Gasteiger partial charge in [0.2, 0.25) is 0 Å². The lowest BCUT2D eigenvalue weighted by Gasteiger charge is -2.07. The molecule has 0 aliphatic carbocycles. The molecule has 25 heavy (non-hydrogen) atoms. The van der Waals surface area contributed by atoms with E-state index in [9.17, 15) is 9.18 Å². The van der Waals surface area contributed by atoms with Gasteiger partial charge in [0.15, 0.2) is 0 Å². The van der Waals surface area contributed by atoms with Crippen molar-refractivity contribution in [2.45, 2.75) is 13.0 Å². The maximum Gasteiger partial charge on any atom is 0.407 e. The lowest BCUT2D eigenvalue weighted by atomic mass is 10.1. The fourth-order valence-corrected chi connectivity index (χ4v) is 2.13. The molecule has 2 rings (SSSR count). The lowest BCUT2D eigenvalue weighted by molar-refractivity contribution is 0.140. The molecular formula is C19H21FN2O3. The molecule has 6 heteroatoms. The fourth-order valence-electron chi connectivity index (χ4n) is 2.13. The van der Waals surface area contributed by atoms with Crippen LogP contribution in [0, 0.1) is 5.82 Å². The number of amides is 1. The minimum Gasteiger partial charge on any atom is -0.495 e. The molecular weight excluding hydrogens is 323 g/mol. The Balaban J connectivity index is 1.73. The Morgan fingerprint density at radius 1 is 1.28 bits per heavy atom. The molecule has 0 heterocycles. The first-order valence-electron chi connectivity index (χ1n) is 7.84. The van der Waals surface area contributed by atoms with Crippen molar-refractivity contribution in [3.63, 3.8) is 0 Å². The van der Waals surface area contributed by atoms with Gasteiger partial charge in [-0.1, -0.05) is 42.5 Å². The van der Waals surface area contributed by atoms with Crippen LogP contribution in [0.4, 0.5) is 14.9 Å². The highest BCUT2D eigenvalue weighted by molar-refractivity contribution is 5.67. The average Bonchev–Trinajstić information content (AvgIpc) is 2.62. The molecule has 0 aliphatic heterocycles. The highest BCUT2D eigenvalue weighted by Crippen LogP contribution is 2.25. The van der Waals surface area contributed by atoms with E-state index in [-0.39, 0.29) is 12.3 Å². The van der Waals surface area contributed by atoms with E-state index in [2.05, 4.69) is 5.32 Å². The number of halogens is 1. The predicted molar refractivity (Wildman–Crippen MR) is 95.6 cm³/mol. The van der Waals surface area contributed by atoms with Crippen LogP contribution in [-0.2, 0) is 11.3 Å².